The van der Waals surface area contributed by atoms with E-state index in [-0.39, 0.29) is 5.91 Å². The molecule has 69 valence electrons. The highest BCUT2D eigenvalue weighted by Crippen LogP contribution is 2.27. The molecule has 1 rings (SSSR count). The van der Waals surface area contributed by atoms with Gasteiger partial charge in [0.25, 0.3) is 0 Å². The van der Waals surface area contributed by atoms with E-state index < -0.39 is 0 Å². The summed E-state index contributed by atoms with van der Waals surface area (Å²) in [5.74, 6) is 0.880. The number of rotatable bonds is 3. The minimum absolute atomic E-state index is 0.0700. The zero-order valence-electron chi connectivity index (χ0n) is 7.88. The molecule has 12 heavy (non-hydrogen) atoms. The molecule has 1 aliphatic carbocycles. The van der Waals surface area contributed by atoms with Crippen molar-refractivity contribution in [3.63, 3.8) is 0 Å². The number of hydrogen-bond donors (Lipinski definition) is 0. The van der Waals surface area contributed by atoms with Crippen LogP contribution in [0.4, 0.5) is 0 Å². The molecule has 0 aromatic carbocycles. The van der Waals surface area contributed by atoms with Crippen LogP contribution in [0, 0.1) is 5.92 Å². The number of carbonyl (C=O) groups is 1. The molecule has 0 saturated heterocycles. The van der Waals surface area contributed by atoms with Crippen molar-refractivity contribution in [3.05, 3.63) is 0 Å². The van der Waals surface area contributed by atoms with E-state index in [1.165, 1.54) is 32.1 Å². The Morgan fingerprint density at radius 2 is 2.00 bits per heavy atom. The standard InChI is InChI=1S/C10H18NO/c1-11-10(12)8-7-9-5-3-2-4-6-9/h9H,2-8H2,1H3. The highest BCUT2D eigenvalue weighted by atomic mass is 16.1. The number of amides is 1. The highest BCUT2D eigenvalue weighted by molar-refractivity contribution is 5.75. The quantitative estimate of drug-likeness (QED) is 0.635. The third-order valence-corrected chi connectivity index (χ3v) is 2.74. The summed E-state index contributed by atoms with van der Waals surface area (Å²) in [6.07, 6.45) is 8.51. The van der Waals surface area contributed by atoms with Crippen LogP contribution in [0.25, 0.3) is 0 Å². The smallest absolute Gasteiger partial charge is 0.240 e. The molecule has 1 aliphatic rings. The van der Waals surface area contributed by atoms with Crippen molar-refractivity contribution >= 4 is 5.91 Å². The fraction of sp³-hybridized carbons (Fsp3) is 0.900. The van der Waals surface area contributed by atoms with Crippen LogP contribution in [0.3, 0.4) is 0 Å². The van der Waals surface area contributed by atoms with Crippen molar-refractivity contribution < 1.29 is 4.79 Å². The molecule has 0 N–H and O–H groups in total. The maximum Gasteiger partial charge on any atom is 0.240 e. The second-order valence-corrected chi connectivity index (χ2v) is 3.66. The Bertz CT molecular complexity index is 139. The van der Waals surface area contributed by atoms with Gasteiger partial charge >= 0.3 is 0 Å². The first-order chi connectivity index (χ1) is 5.83. The Morgan fingerprint density at radius 3 is 2.58 bits per heavy atom. The molecular formula is C10H18NO. The molecule has 0 bridgehead atoms. The Balaban J connectivity index is 2.09. The van der Waals surface area contributed by atoms with Crippen LogP contribution in [0.1, 0.15) is 44.9 Å². The first-order valence-corrected chi connectivity index (χ1v) is 4.95. The summed E-state index contributed by atoms with van der Waals surface area (Å²) in [4.78, 5) is 10.9. The molecule has 1 radical (unpaired) electrons. The van der Waals surface area contributed by atoms with Crippen LogP contribution in [-0.4, -0.2) is 13.0 Å². The average Bonchev–Trinajstić information content (AvgIpc) is 2.16. The molecule has 0 aromatic heterocycles. The molecule has 0 heterocycles. The van der Waals surface area contributed by atoms with Gasteiger partial charge in [0, 0.05) is 13.5 Å². The van der Waals surface area contributed by atoms with Gasteiger partial charge in [0.05, 0.1) is 0 Å². The van der Waals surface area contributed by atoms with Gasteiger partial charge in [0.2, 0.25) is 5.91 Å². The van der Waals surface area contributed by atoms with Crippen molar-refractivity contribution in [2.75, 3.05) is 7.05 Å². The van der Waals surface area contributed by atoms with E-state index in [2.05, 4.69) is 5.32 Å². The first kappa shape index (κ1) is 9.56. The monoisotopic (exact) mass is 168 g/mol. The third-order valence-electron chi connectivity index (χ3n) is 2.74. The van der Waals surface area contributed by atoms with E-state index in [1.807, 2.05) is 0 Å². The van der Waals surface area contributed by atoms with Gasteiger partial charge in [-0.25, -0.2) is 0 Å². The van der Waals surface area contributed by atoms with Crippen molar-refractivity contribution in [2.45, 2.75) is 44.9 Å². The Hall–Kier alpha value is -0.530. The largest absolute Gasteiger partial charge is 0.273 e. The lowest BCUT2D eigenvalue weighted by Crippen LogP contribution is -2.13. The fourth-order valence-electron chi connectivity index (χ4n) is 1.92. The molecule has 1 fully saturated rings. The maximum atomic E-state index is 10.9. The summed E-state index contributed by atoms with van der Waals surface area (Å²) in [6, 6.07) is 0. The van der Waals surface area contributed by atoms with Crippen LogP contribution in [0.5, 0.6) is 0 Å². The zero-order chi connectivity index (χ0) is 8.81. The molecule has 0 aliphatic heterocycles. The van der Waals surface area contributed by atoms with E-state index in [1.54, 1.807) is 7.05 Å². The summed E-state index contributed by atoms with van der Waals surface area (Å²) in [6.45, 7) is 0. The summed E-state index contributed by atoms with van der Waals surface area (Å²) in [5.41, 5.74) is 0. The second-order valence-electron chi connectivity index (χ2n) is 3.66. The lowest BCUT2D eigenvalue weighted by molar-refractivity contribution is -0.121. The van der Waals surface area contributed by atoms with E-state index >= 15 is 0 Å². The van der Waals surface area contributed by atoms with Crippen LogP contribution >= 0.6 is 0 Å². The van der Waals surface area contributed by atoms with Gasteiger partial charge < -0.3 is 0 Å². The first-order valence-electron chi connectivity index (χ1n) is 4.95. The van der Waals surface area contributed by atoms with E-state index in [0.29, 0.717) is 6.42 Å². The van der Waals surface area contributed by atoms with Crippen LogP contribution < -0.4 is 5.32 Å². The van der Waals surface area contributed by atoms with Crippen molar-refractivity contribution in [3.8, 4) is 0 Å². The van der Waals surface area contributed by atoms with E-state index in [4.69, 9.17) is 0 Å². The molecule has 0 atom stereocenters. The topological polar surface area (TPSA) is 31.2 Å². The van der Waals surface area contributed by atoms with Crippen LogP contribution in [0.15, 0.2) is 0 Å². The van der Waals surface area contributed by atoms with Gasteiger partial charge in [0.15, 0.2) is 0 Å². The van der Waals surface area contributed by atoms with E-state index in [0.717, 1.165) is 12.3 Å². The summed E-state index contributed by atoms with van der Waals surface area (Å²) in [7, 11) is 1.59. The van der Waals surface area contributed by atoms with Gasteiger partial charge in [-0.1, -0.05) is 32.1 Å². The van der Waals surface area contributed by atoms with Gasteiger partial charge in [-0.15, -0.1) is 0 Å². The van der Waals surface area contributed by atoms with Crippen LogP contribution in [-0.2, 0) is 4.79 Å². The molecule has 2 nitrogen and oxygen atoms in total. The Morgan fingerprint density at radius 1 is 1.33 bits per heavy atom. The third kappa shape index (κ3) is 3.24. The number of carbonyl (C=O) groups excluding carboxylic acids is 1. The Labute approximate surface area is 74.7 Å². The molecule has 0 spiro atoms. The maximum absolute atomic E-state index is 10.9. The molecule has 1 saturated carbocycles. The van der Waals surface area contributed by atoms with Crippen molar-refractivity contribution in [1.29, 1.82) is 0 Å². The Kier molecular flexibility index (Phi) is 4.12. The normalized spacial score (nSPS) is 19.1. The van der Waals surface area contributed by atoms with Crippen LogP contribution in [0.2, 0.25) is 0 Å². The van der Waals surface area contributed by atoms with Crippen molar-refractivity contribution in [1.82, 2.24) is 5.32 Å². The minimum Gasteiger partial charge on any atom is -0.273 e. The SMILES string of the molecule is C[N]C(=O)CCC1CCCCC1. The van der Waals surface area contributed by atoms with Gasteiger partial charge in [-0.05, 0) is 12.3 Å². The van der Waals surface area contributed by atoms with Gasteiger partial charge in [0.1, 0.15) is 0 Å². The summed E-state index contributed by atoms with van der Waals surface area (Å²) >= 11 is 0. The summed E-state index contributed by atoms with van der Waals surface area (Å²) < 4.78 is 0. The zero-order valence-corrected chi connectivity index (χ0v) is 7.88. The number of hydrogen-bond acceptors (Lipinski definition) is 1. The molecule has 2 heteroatoms. The minimum atomic E-state index is 0.0700. The highest BCUT2D eigenvalue weighted by Gasteiger charge is 2.14. The molecular weight excluding hydrogens is 150 g/mol. The van der Waals surface area contributed by atoms with E-state index in [9.17, 15) is 4.79 Å². The second kappa shape index (κ2) is 5.18. The predicted molar refractivity (Wildman–Crippen MR) is 48.9 cm³/mol. The van der Waals surface area contributed by atoms with Crippen molar-refractivity contribution in [2.24, 2.45) is 5.92 Å². The predicted octanol–water partition coefficient (Wildman–Crippen LogP) is 2.11. The lowest BCUT2D eigenvalue weighted by Gasteiger charge is -2.20. The number of nitrogens with zero attached hydrogens (tertiary/aromatic N) is 1. The molecule has 0 aromatic rings. The molecule has 1 amide bonds. The van der Waals surface area contributed by atoms with Gasteiger partial charge in [-0.3, -0.25) is 10.1 Å². The molecule has 0 unspecified atom stereocenters. The fourth-order valence-corrected chi connectivity index (χ4v) is 1.92. The summed E-state index contributed by atoms with van der Waals surface area (Å²) in [5, 5.41) is 3.63. The average molecular weight is 168 g/mol. The van der Waals surface area contributed by atoms with Gasteiger partial charge in [-0.2, -0.15) is 0 Å². The lowest BCUT2D eigenvalue weighted by atomic mass is 9.86.